The summed E-state index contributed by atoms with van der Waals surface area (Å²) in [6.07, 6.45) is 5.68. The molecule has 3 aliphatic rings. The maximum Gasteiger partial charge on any atom is 0.254 e. The lowest BCUT2D eigenvalue weighted by Gasteiger charge is -2.50. The van der Waals surface area contributed by atoms with Crippen molar-refractivity contribution in [3.63, 3.8) is 0 Å². The summed E-state index contributed by atoms with van der Waals surface area (Å²) >= 11 is 0. The van der Waals surface area contributed by atoms with Crippen molar-refractivity contribution in [3.8, 4) is 5.75 Å². The molecule has 2 saturated heterocycles. The zero-order valence-corrected chi connectivity index (χ0v) is 21.9. The van der Waals surface area contributed by atoms with Crippen LogP contribution in [-0.2, 0) is 16.0 Å². The number of likely N-dealkylation sites (N-methyl/N-ethyl adjacent to an activating group) is 1. The largest absolute Gasteiger partial charge is 0.485 e. The van der Waals surface area contributed by atoms with Gasteiger partial charge in [-0.15, -0.1) is 0 Å². The van der Waals surface area contributed by atoms with E-state index in [4.69, 9.17) is 9.47 Å². The van der Waals surface area contributed by atoms with E-state index in [1.807, 2.05) is 11.9 Å². The first-order chi connectivity index (χ1) is 17.6. The number of carbonyl (C=O) groups is 1. The number of hydrogen-bond acceptors (Lipinski definition) is 5. The van der Waals surface area contributed by atoms with Crippen molar-refractivity contribution in [2.24, 2.45) is 0 Å². The lowest BCUT2D eigenvalue weighted by Crippen LogP contribution is -2.62. The lowest BCUT2D eigenvalue weighted by molar-refractivity contribution is -0.200. The maximum atomic E-state index is 12.7. The molecule has 0 radical (unpaired) electrons. The van der Waals surface area contributed by atoms with E-state index in [2.05, 4.69) is 71.7 Å². The van der Waals surface area contributed by atoms with Crippen LogP contribution in [0, 0.1) is 0 Å². The van der Waals surface area contributed by atoms with E-state index in [9.17, 15) is 4.79 Å². The Morgan fingerprint density at radius 3 is 2.44 bits per heavy atom. The number of carbonyl (C=O) groups excluding carboxylic acids is 1. The van der Waals surface area contributed by atoms with E-state index in [-0.39, 0.29) is 17.6 Å². The highest BCUT2D eigenvalue weighted by Crippen LogP contribution is 2.49. The molecule has 1 aliphatic carbocycles. The zero-order valence-electron chi connectivity index (χ0n) is 21.9. The van der Waals surface area contributed by atoms with Gasteiger partial charge in [0.05, 0.1) is 5.60 Å². The number of benzene rings is 2. The van der Waals surface area contributed by atoms with Crippen molar-refractivity contribution in [2.75, 3.05) is 46.3 Å². The number of rotatable bonds is 10. The summed E-state index contributed by atoms with van der Waals surface area (Å²) in [5.41, 5.74) is 1.82. The van der Waals surface area contributed by atoms with Crippen LogP contribution in [0.25, 0.3) is 0 Å². The molecule has 2 heterocycles. The molecule has 0 aromatic heterocycles. The van der Waals surface area contributed by atoms with E-state index in [0.717, 1.165) is 83.5 Å². The fourth-order valence-corrected chi connectivity index (χ4v) is 5.82. The topological polar surface area (TPSA) is 54.0 Å². The van der Waals surface area contributed by atoms with Gasteiger partial charge in [-0.2, -0.15) is 0 Å². The molecule has 3 fully saturated rings. The number of hydrogen-bond donors (Lipinski definition) is 1. The minimum Gasteiger partial charge on any atom is -0.485 e. The van der Waals surface area contributed by atoms with E-state index < -0.39 is 5.60 Å². The third kappa shape index (κ3) is 5.46. The van der Waals surface area contributed by atoms with Crippen molar-refractivity contribution in [1.29, 1.82) is 0 Å². The monoisotopic (exact) mass is 491 g/mol. The number of para-hydroxylation sites is 1. The predicted octanol–water partition coefficient (Wildman–Crippen LogP) is 4.20. The van der Waals surface area contributed by atoms with Crippen molar-refractivity contribution in [1.82, 2.24) is 15.1 Å². The molecule has 1 atom stereocenters. The Hall–Kier alpha value is -2.41. The minimum absolute atomic E-state index is 0.0251. The first-order valence-corrected chi connectivity index (χ1v) is 13.7. The van der Waals surface area contributed by atoms with Gasteiger partial charge in [-0.05, 0) is 69.8 Å². The van der Waals surface area contributed by atoms with Crippen molar-refractivity contribution in [3.05, 3.63) is 65.7 Å². The zero-order chi connectivity index (χ0) is 25.0. The number of nitrogens with zero attached hydrogens (tertiary/aromatic N) is 2. The molecule has 2 aliphatic heterocycles. The Morgan fingerprint density at radius 1 is 1.03 bits per heavy atom. The second kappa shape index (κ2) is 10.9. The van der Waals surface area contributed by atoms with Crippen LogP contribution in [-0.4, -0.2) is 73.2 Å². The molecule has 0 bridgehead atoms. The fraction of sp³-hybridized carbons (Fsp3) is 0.567. The Labute approximate surface area is 215 Å². The van der Waals surface area contributed by atoms with Crippen LogP contribution in [0.4, 0.5) is 0 Å². The summed E-state index contributed by atoms with van der Waals surface area (Å²) in [7, 11) is 1.99. The van der Waals surface area contributed by atoms with Crippen LogP contribution in [0.15, 0.2) is 54.6 Å². The number of amides is 1. The van der Waals surface area contributed by atoms with Crippen molar-refractivity contribution >= 4 is 5.91 Å². The third-order valence-corrected chi connectivity index (χ3v) is 8.19. The first kappa shape index (κ1) is 25.2. The minimum atomic E-state index is -0.491. The van der Waals surface area contributed by atoms with Gasteiger partial charge in [-0.25, -0.2) is 0 Å². The number of likely N-dealkylation sites (tertiary alicyclic amines) is 1. The molecule has 36 heavy (non-hydrogen) atoms. The molecule has 1 amide bonds. The maximum absolute atomic E-state index is 12.7. The number of piperidine rings is 1. The van der Waals surface area contributed by atoms with Crippen LogP contribution in [0.2, 0.25) is 0 Å². The summed E-state index contributed by atoms with van der Waals surface area (Å²) in [6, 6.07) is 19.0. The number of nitrogens with one attached hydrogen (secondary N) is 1. The molecule has 1 saturated carbocycles. The van der Waals surface area contributed by atoms with Crippen LogP contribution < -0.4 is 10.1 Å². The third-order valence-electron chi connectivity index (χ3n) is 8.19. The molecule has 1 unspecified atom stereocenters. The van der Waals surface area contributed by atoms with Crippen LogP contribution in [0.3, 0.4) is 0 Å². The quantitative estimate of drug-likeness (QED) is 0.540. The summed E-state index contributed by atoms with van der Waals surface area (Å²) in [6.45, 7) is 7.56. The Kier molecular flexibility index (Phi) is 7.65. The number of morpholine rings is 1. The van der Waals surface area contributed by atoms with Crippen LogP contribution >= 0.6 is 0 Å². The standard InChI is InChI=1S/C30H41N3O3/c1-3-33-23-29(36-30(15-16-30)28(33)34)17-21-32(22-18-29)20-14-25-11-7-8-12-26(25)35-27(13-19-31-2)24-9-5-4-6-10-24/h4-12,27,31H,3,13-23H2,1-2H3. The van der Waals surface area contributed by atoms with Crippen LogP contribution in [0.5, 0.6) is 5.75 Å². The summed E-state index contributed by atoms with van der Waals surface area (Å²) in [4.78, 5) is 17.3. The lowest BCUT2D eigenvalue weighted by atomic mass is 9.87. The van der Waals surface area contributed by atoms with E-state index in [1.165, 1.54) is 11.1 Å². The number of ether oxygens (including phenoxy) is 2. The Balaban J connectivity index is 1.19. The molecule has 6 heteroatoms. The average molecular weight is 492 g/mol. The fourth-order valence-electron chi connectivity index (χ4n) is 5.82. The van der Waals surface area contributed by atoms with Gasteiger partial charge in [0.25, 0.3) is 5.91 Å². The average Bonchev–Trinajstić information content (AvgIpc) is 3.69. The van der Waals surface area contributed by atoms with Gasteiger partial charge in [0.1, 0.15) is 17.5 Å². The molecule has 5 rings (SSSR count). The second-order valence-electron chi connectivity index (χ2n) is 10.7. The van der Waals surface area contributed by atoms with Crippen molar-refractivity contribution < 1.29 is 14.3 Å². The van der Waals surface area contributed by atoms with Crippen molar-refractivity contribution in [2.45, 2.75) is 62.8 Å². The molecule has 6 nitrogen and oxygen atoms in total. The van der Waals surface area contributed by atoms with Gasteiger partial charge < -0.3 is 24.6 Å². The van der Waals surface area contributed by atoms with E-state index in [1.54, 1.807) is 0 Å². The Bertz CT molecular complexity index is 1020. The van der Waals surface area contributed by atoms with Gasteiger partial charge in [-0.3, -0.25) is 4.79 Å². The van der Waals surface area contributed by atoms with E-state index in [0.29, 0.717) is 0 Å². The highest BCUT2D eigenvalue weighted by atomic mass is 16.5. The molecule has 1 N–H and O–H groups in total. The van der Waals surface area contributed by atoms with Crippen LogP contribution in [0.1, 0.15) is 56.3 Å². The summed E-state index contributed by atoms with van der Waals surface area (Å²) in [5.74, 6) is 1.21. The smallest absolute Gasteiger partial charge is 0.254 e. The Morgan fingerprint density at radius 2 is 1.75 bits per heavy atom. The molecular formula is C30H41N3O3. The van der Waals surface area contributed by atoms with Gasteiger partial charge >= 0.3 is 0 Å². The summed E-state index contributed by atoms with van der Waals surface area (Å²) in [5, 5.41) is 3.26. The molecule has 2 aromatic carbocycles. The highest BCUT2D eigenvalue weighted by molar-refractivity contribution is 5.89. The van der Waals surface area contributed by atoms with Gasteiger partial charge in [0.2, 0.25) is 0 Å². The SMILES string of the molecule is CCN1CC2(CCN(CCc3ccccc3OC(CCNC)c3ccccc3)CC2)OC2(CC2)C1=O. The first-order valence-electron chi connectivity index (χ1n) is 13.7. The van der Waals surface area contributed by atoms with Gasteiger partial charge in [0, 0.05) is 39.1 Å². The predicted molar refractivity (Wildman–Crippen MR) is 142 cm³/mol. The highest BCUT2D eigenvalue weighted by Gasteiger charge is 2.61. The molecule has 2 spiro atoms. The molecule has 194 valence electrons. The van der Waals surface area contributed by atoms with E-state index >= 15 is 0 Å². The summed E-state index contributed by atoms with van der Waals surface area (Å²) < 4.78 is 13.2. The molecule has 2 aromatic rings. The normalized spacial score (nSPS) is 21.6. The second-order valence-corrected chi connectivity index (χ2v) is 10.7. The van der Waals surface area contributed by atoms with Gasteiger partial charge in [0.15, 0.2) is 0 Å². The molecular weight excluding hydrogens is 450 g/mol. The van der Waals surface area contributed by atoms with Gasteiger partial charge in [-0.1, -0.05) is 48.5 Å².